The highest BCUT2D eigenvalue weighted by molar-refractivity contribution is 5.97. The van der Waals surface area contributed by atoms with Crippen molar-refractivity contribution >= 4 is 5.78 Å². The van der Waals surface area contributed by atoms with Crippen LogP contribution in [0.15, 0.2) is 36.0 Å². The minimum atomic E-state index is 0.355. The summed E-state index contributed by atoms with van der Waals surface area (Å²) in [7, 11) is 0. The Hall–Kier alpha value is -1.11. The number of hydrogen-bond acceptors (Lipinski definition) is 1. The van der Waals surface area contributed by atoms with E-state index in [1.165, 1.54) is 0 Å². The van der Waals surface area contributed by atoms with E-state index in [0.717, 1.165) is 43.3 Å². The zero-order chi connectivity index (χ0) is 10.4. The largest absolute Gasteiger partial charge is 0.295 e. The number of carbonyl (C=O) groups is 1. The molecule has 0 heterocycles. The average Bonchev–Trinajstić information content (AvgIpc) is 2.51. The summed E-state index contributed by atoms with van der Waals surface area (Å²) >= 11 is 0. The van der Waals surface area contributed by atoms with E-state index in [0.29, 0.717) is 5.78 Å². The van der Waals surface area contributed by atoms with Crippen molar-refractivity contribution in [2.75, 3.05) is 0 Å². The van der Waals surface area contributed by atoms with Gasteiger partial charge in [-0.2, -0.15) is 0 Å². The first-order valence-electron chi connectivity index (χ1n) is 5.24. The van der Waals surface area contributed by atoms with Crippen LogP contribution >= 0.6 is 0 Å². The van der Waals surface area contributed by atoms with Gasteiger partial charge in [0.25, 0.3) is 0 Å². The summed E-state index contributed by atoms with van der Waals surface area (Å²) in [6.07, 6.45) is 11.0. The van der Waals surface area contributed by atoms with E-state index in [2.05, 4.69) is 18.7 Å². The molecule has 0 amide bonds. The van der Waals surface area contributed by atoms with Crippen molar-refractivity contribution in [3.05, 3.63) is 36.0 Å². The van der Waals surface area contributed by atoms with Gasteiger partial charge in [0.05, 0.1) is 0 Å². The molecule has 0 aromatic rings. The Kier molecular flexibility index (Phi) is 4.37. The van der Waals surface area contributed by atoms with Crippen LogP contribution in [0.4, 0.5) is 0 Å². The Bertz CT molecular complexity index is 282. The Labute approximate surface area is 86.2 Å². The van der Waals surface area contributed by atoms with Gasteiger partial charge in [0.2, 0.25) is 0 Å². The van der Waals surface area contributed by atoms with Crippen LogP contribution in [0.5, 0.6) is 0 Å². The predicted molar refractivity (Wildman–Crippen MR) is 60.1 cm³/mol. The summed E-state index contributed by atoms with van der Waals surface area (Å²) < 4.78 is 0. The topological polar surface area (TPSA) is 17.1 Å². The lowest BCUT2D eigenvalue weighted by atomic mass is 10.1. The molecule has 1 heteroatoms. The predicted octanol–water partition coefficient (Wildman–Crippen LogP) is 3.58. The average molecular weight is 190 g/mol. The number of Topliss-reactive ketones (excluding diaryl/α,β-unsaturated/α-hetero) is 1. The summed E-state index contributed by atoms with van der Waals surface area (Å²) in [6, 6.07) is 0. The van der Waals surface area contributed by atoms with Crippen LogP contribution in [0.2, 0.25) is 0 Å². The smallest absolute Gasteiger partial charge is 0.158 e. The van der Waals surface area contributed by atoms with Crippen LogP contribution < -0.4 is 0 Å². The molecule has 1 aliphatic rings. The molecule has 0 aromatic heterocycles. The zero-order valence-corrected chi connectivity index (χ0v) is 8.88. The number of rotatable bonds is 5. The Morgan fingerprint density at radius 1 is 1.64 bits per heavy atom. The maximum atomic E-state index is 11.2. The molecule has 0 saturated carbocycles. The van der Waals surface area contributed by atoms with E-state index in [4.69, 9.17) is 0 Å². The number of hydrogen-bond donors (Lipinski definition) is 0. The zero-order valence-electron chi connectivity index (χ0n) is 8.88. The van der Waals surface area contributed by atoms with E-state index >= 15 is 0 Å². The first kappa shape index (κ1) is 11.0. The van der Waals surface area contributed by atoms with Crippen LogP contribution in [0.25, 0.3) is 0 Å². The molecule has 0 N–H and O–H groups in total. The third kappa shape index (κ3) is 3.73. The van der Waals surface area contributed by atoms with Crippen molar-refractivity contribution in [2.45, 2.75) is 39.0 Å². The van der Waals surface area contributed by atoms with Gasteiger partial charge in [0, 0.05) is 6.42 Å². The fourth-order valence-electron chi connectivity index (χ4n) is 1.59. The van der Waals surface area contributed by atoms with Crippen LogP contribution in [-0.4, -0.2) is 5.78 Å². The quantitative estimate of drug-likeness (QED) is 0.478. The Morgan fingerprint density at radius 2 is 2.43 bits per heavy atom. The third-order valence-corrected chi connectivity index (χ3v) is 2.34. The first-order chi connectivity index (χ1) is 6.70. The van der Waals surface area contributed by atoms with Crippen LogP contribution in [-0.2, 0) is 4.79 Å². The highest BCUT2D eigenvalue weighted by Crippen LogP contribution is 2.19. The second-order valence-electron chi connectivity index (χ2n) is 3.83. The lowest BCUT2D eigenvalue weighted by molar-refractivity contribution is -0.115. The van der Waals surface area contributed by atoms with E-state index in [1.54, 1.807) is 0 Å². The van der Waals surface area contributed by atoms with Crippen molar-refractivity contribution in [1.82, 2.24) is 0 Å². The molecule has 0 unspecified atom stereocenters. The molecule has 0 radical (unpaired) electrons. The van der Waals surface area contributed by atoms with Crippen LogP contribution in [0.3, 0.4) is 0 Å². The number of unbranched alkanes of at least 4 members (excludes halogenated alkanes) is 1. The summed E-state index contributed by atoms with van der Waals surface area (Å²) in [5.74, 6) is 0.355. The molecule has 1 rings (SSSR count). The van der Waals surface area contributed by atoms with Crippen molar-refractivity contribution in [2.24, 2.45) is 0 Å². The SMILES string of the molecule is C=C(C)/C=C/CCCC1=CCCC1=O. The Morgan fingerprint density at radius 3 is 3.00 bits per heavy atom. The van der Waals surface area contributed by atoms with Gasteiger partial charge in [-0.3, -0.25) is 4.79 Å². The highest BCUT2D eigenvalue weighted by Gasteiger charge is 2.13. The molecule has 1 aliphatic carbocycles. The molecule has 0 bridgehead atoms. The van der Waals surface area contributed by atoms with Gasteiger partial charge < -0.3 is 0 Å². The van der Waals surface area contributed by atoms with E-state index < -0.39 is 0 Å². The summed E-state index contributed by atoms with van der Waals surface area (Å²) in [5.41, 5.74) is 2.13. The normalized spacial score (nSPS) is 16.4. The number of carbonyl (C=O) groups excluding carboxylic acids is 1. The minimum absolute atomic E-state index is 0.355. The molecule has 0 aromatic carbocycles. The lowest BCUT2D eigenvalue weighted by Gasteiger charge is -1.97. The van der Waals surface area contributed by atoms with Gasteiger partial charge in [-0.25, -0.2) is 0 Å². The van der Waals surface area contributed by atoms with Gasteiger partial charge in [0.15, 0.2) is 5.78 Å². The summed E-state index contributed by atoms with van der Waals surface area (Å²) in [5, 5.41) is 0. The van der Waals surface area contributed by atoms with E-state index in [9.17, 15) is 4.79 Å². The second-order valence-corrected chi connectivity index (χ2v) is 3.83. The summed E-state index contributed by atoms with van der Waals surface area (Å²) in [4.78, 5) is 11.2. The fourth-order valence-corrected chi connectivity index (χ4v) is 1.59. The van der Waals surface area contributed by atoms with Crippen molar-refractivity contribution in [1.29, 1.82) is 0 Å². The van der Waals surface area contributed by atoms with Crippen molar-refractivity contribution in [3.8, 4) is 0 Å². The first-order valence-corrected chi connectivity index (χ1v) is 5.24. The lowest BCUT2D eigenvalue weighted by Crippen LogP contribution is -1.94. The van der Waals surface area contributed by atoms with Crippen molar-refractivity contribution in [3.63, 3.8) is 0 Å². The van der Waals surface area contributed by atoms with E-state index in [-0.39, 0.29) is 0 Å². The molecule has 1 nitrogen and oxygen atoms in total. The molecule has 0 atom stereocenters. The minimum Gasteiger partial charge on any atom is -0.295 e. The van der Waals surface area contributed by atoms with Gasteiger partial charge in [-0.15, -0.1) is 0 Å². The molecular formula is C13H18O. The third-order valence-electron chi connectivity index (χ3n) is 2.34. The highest BCUT2D eigenvalue weighted by atomic mass is 16.1. The van der Waals surface area contributed by atoms with Crippen LogP contribution in [0, 0.1) is 0 Å². The molecule has 0 spiro atoms. The second kappa shape index (κ2) is 5.58. The van der Waals surface area contributed by atoms with Crippen LogP contribution in [0.1, 0.15) is 39.0 Å². The van der Waals surface area contributed by atoms with Gasteiger partial charge in [-0.1, -0.05) is 30.4 Å². The molecule has 0 fully saturated rings. The fraction of sp³-hybridized carbons (Fsp3) is 0.462. The molecule has 0 aliphatic heterocycles. The monoisotopic (exact) mass is 190 g/mol. The van der Waals surface area contributed by atoms with Gasteiger partial charge >= 0.3 is 0 Å². The molecular weight excluding hydrogens is 172 g/mol. The standard InChI is InChI=1S/C13H18O/c1-11(2)7-4-3-5-8-12-9-6-10-13(12)14/h4,7,9H,1,3,5-6,8,10H2,2H3/b7-4+. The maximum Gasteiger partial charge on any atom is 0.158 e. The summed E-state index contributed by atoms with van der Waals surface area (Å²) in [6.45, 7) is 5.78. The molecule has 76 valence electrons. The number of allylic oxidation sites excluding steroid dienone is 5. The van der Waals surface area contributed by atoms with E-state index in [1.807, 2.05) is 13.0 Å². The maximum absolute atomic E-state index is 11.2. The molecule has 14 heavy (non-hydrogen) atoms. The van der Waals surface area contributed by atoms with Gasteiger partial charge in [-0.05, 0) is 38.2 Å². The molecule has 0 saturated heterocycles. The number of ketones is 1. The van der Waals surface area contributed by atoms with Crippen molar-refractivity contribution < 1.29 is 4.79 Å². The Balaban J connectivity index is 2.16. The van der Waals surface area contributed by atoms with Gasteiger partial charge in [0.1, 0.15) is 0 Å².